The summed E-state index contributed by atoms with van der Waals surface area (Å²) in [6, 6.07) is 0.639. The fraction of sp³-hybridized carbons (Fsp3) is 0.824. The minimum atomic E-state index is 0.551. The van der Waals surface area contributed by atoms with Gasteiger partial charge in [-0.25, -0.2) is 0 Å². The zero-order valence-corrected chi connectivity index (χ0v) is 13.7. The number of nitrogens with one attached hydrogen (secondary N) is 1. The molecule has 0 amide bonds. The van der Waals surface area contributed by atoms with Crippen LogP contribution in [0.3, 0.4) is 0 Å². The van der Waals surface area contributed by atoms with E-state index in [1.165, 1.54) is 43.4 Å². The van der Waals surface area contributed by atoms with Gasteiger partial charge in [0.15, 0.2) is 0 Å². The van der Waals surface area contributed by atoms with Gasteiger partial charge in [0.1, 0.15) is 0 Å². The summed E-state index contributed by atoms with van der Waals surface area (Å²) < 4.78 is 2.34. The highest BCUT2D eigenvalue weighted by molar-refractivity contribution is 5.21. The Morgan fingerprint density at radius 1 is 1.20 bits per heavy atom. The van der Waals surface area contributed by atoms with Gasteiger partial charge in [-0.3, -0.25) is 4.68 Å². The van der Waals surface area contributed by atoms with Crippen LogP contribution in [0.4, 0.5) is 0 Å². The maximum absolute atomic E-state index is 4.74. The molecule has 0 aliphatic heterocycles. The van der Waals surface area contributed by atoms with Crippen LogP contribution in [0.2, 0.25) is 0 Å². The SMILES string of the molecule is CC(C)CNCc1cnn(C2CCCCC2)c1C(C)C. The van der Waals surface area contributed by atoms with Gasteiger partial charge in [0.05, 0.1) is 12.2 Å². The van der Waals surface area contributed by atoms with Crippen molar-refractivity contribution in [3.63, 3.8) is 0 Å². The molecule has 0 unspecified atom stereocenters. The zero-order valence-electron chi connectivity index (χ0n) is 13.7. The van der Waals surface area contributed by atoms with Gasteiger partial charge < -0.3 is 5.32 Å². The molecule has 1 aromatic rings. The average Bonchev–Trinajstić information content (AvgIpc) is 2.83. The molecule has 1 aliphatic rings. The van der Waals surface area contributed by atoms with Gasteiger partial charge in [-0.2, -0.15) is 5.10 Å². The van der Waals surface area contributed by atoms with Gasteiger partial charge in [-0.1, -0.05) is 47.0 Å². The van der Waals surface area contributed by atoms with Crippen LogP contribution in [0.25, 0.3) is 0 Å². The highest BCUT2D eigenvalue weighted by Crippen LogP contribution is 2.31. The molecule has 0 atom stereocenters. The summed E-state index contributed by atoms with van der Waals surface area (Å²) in [6.45, 7) is 11.1. The Hall–Kier alpha value is -0.830. The van der Waals surface area contributed by atoms with Crippen LogP contribution in [0.1, 0.15) is 83.0 Å². The van der Waals surface area contributed by atoms with E-state index in [1.54, 1.807) is 0 Å². The molecule has 1 aromatic heterocycles. The number of hydrogen-bond donors (Lipinski definition) is 1. The lowest BCUT2D eigenvalue weighted by Crippen LogP contribution is -2.21. The summed E-state index contributed by atoms with van der Waals surface area (Å²) in [7, 11) is 0. The minimum Gasteiger partial charge on any atom is -0.312 e. The topological polar surface area (TPSA) is 29.9 Å². The molecule has 2 rings (SSSR count). The van der Waals surface area contributed by atoms with Crippen LogP contribution in [0.5, 0.6) is 0 Å². The van der Waals surface area contributed by atoms with Gasteiger partial charge in [0.2, 0.25) is 0 Å². The second-order valence-corrected chi connectivity index (χ2v) is 6.97. The van der Waals surface area contributed by atoms with Crippen LogP contribution >= 0.6 is 0 Å². The second kappa shape index (κ2) is 7.26. The molecule has 1 saturated carbocycles. The van der Waals surface area contributed by atoms with E-state index in [0.717, 1.165) is 13.1 Å². The van der Waals surface area contributed by atoms with Crippen LogP contribution in [0, 0.1) is 5.92 Å². The lowest BCUT2D eigenvalue weighted by molar-refractivity contribution is 0.319. The van der Waals surface area contributed by atoms with Crippen molar-refractivity contribution in [1.82, 2.24) is 15.1 Å². The molecule has 0 aromatic carbocycles. The number of aromatic nitrogens is 2. The first-order valence-corrected chi connectivity index (χ1v) is 8.36. The third kappa shape index (κ3) is 3.85. The van der Waals surface area contributed by atoms with Crippen molar-refractivity contribution in [3.8, 4) is 0 Å². The quantitative estimate of drug-likeness (QED) is 0.842. The molecular formula is C17H31N3. The van der Waals surface area contributed by atoms with Gasteiger partial charge in [0, 0.05) is 17.8 Å². The Morgan fingerprint density at radius 2 is 1.90 bits per heavy atom. The number of hydrogen-bond acceptors (Lipinski definition) is 2. The van der Waals surface area contributed by atoms with Crippen molar-refractivity contribution in [2.24, 2.45) is 5.92 Å². The molecule has 0 bridgehead atoms. The molecular weight excluding hydrogens is 246 g/mol. The first-order chi connectivity index (χ1) is 9.59. The zero-order chi connectivity index (χ0) is 14.5. The van der Waals surface area contributed by atoms with E-state index in [1.807, 2.05) is 0 Å². The number of nitrogens with zero attached hydrogens (tertiary/aromatic N) is 2. The molecule has 0 radical (unpaired) electrons. The van der Waals surface area contributed by atoms with E-state index in [2.05, 4.69) is 43.9 Å². The lowest BCUT2D eigenvalue weighted by atomic mass is 9.94. The molecule has 1 aliphatic carbocycles. The fourth-order valence-electron chi connectivity index (χ4n) is 3.29. The van der Waals surface area contributed by atoms with Gasteiger partial charge >= 0.3 is 0 Å². The van der Waals surface area contributed by atoms with Crippen molar-refractivity contribution in [1.29, 1.82) is 0 Å². The standard InChI is InChI=1S/C17H31N3/c1-13(2)10-18-11-15-12-19-20(17(15)14(3)4)16-8-6-5-7-9-16/h12-14,16,18H,5-11H2,1-4H3. The van der Waals surface area contributed by atoms with E-state index in [0.29, 0.717) is 17.9 Å². The lowest BCUT2D eigenvalue weighted by Gasteiger charge is -2.25. The third-order valence-corrected chi connectivity index (χ3v) is 4.25. The van der Waals surface area contributed by atoms with Gasteiger partial charge in [-0.15, -0.1) is 0 Å². The fourth-order valence-corrected chi connectivity index (χ4v) is 3.29. The maximum atomic E-state index is 4.74. The third-order valence-electron chi connectivity index (χ3n) is 4.25. The molecule has 3 heteroatoms. The Bertz CT molecular complexity index is 400. The van der Waals surface area contributed by atoms with Crippen LogP contribution in [-0.4, -0.2) is 16.3 Å². The average molecular weight is 277 g/mol. The second-order valence-electron chi connectivity index (χ2n) is 6.97. The molecule has 20 heavy (non-hydrogen) atoms. The predicted octanol–water partition coefficient (Wildman–Crippen LogP) is 4.26. The van der Waals surface area contributed by atoms with Crippen LogP contribution < -0.4 is 5.32 Å². The van der Waals surface area contributed by atoms with E-state index < -0.39 is 0 Å². The van der Waals surface area contributed by atoms with Crippen molar-refractivity contribution in [2.75, 3.05) is 6.54 Å². The Labute approximate surface area is 124 Å². The first kappa shape index (κ1) is 15.6. The summed E-state index contributed by atoms with van der Waals surface area (Å²) in [5, 5.41) is 8.29. The van der Waals surface area contributed by atoms with Crippen molar-refractivity contribution in [2.45, 2.75) is 78.3 Å². The van der Waals surface area contributed by atoms with E-state index in [4.69, 9.17) is 5.10 Å². The summed E-state index contributed by atoms with van der Waals surface area (Å²) in [6.07, 6.45) is 8.83. The molecule has 3 nitrogen and oxygen atoms in total. The molecule has 1 heterocycles. The summed E-state index contributed by atoms with van der Waals surface area (Å²) >= 11 is 0. The number of rotatable bonds is 6. The molecule has 1 fully saturated rings. The maximum Gasteiger partial charge on any atom is 0.0537 e. The Balaban J connectivity index is 2.10. The minimum absolute atomic E-state index is 0.551. The van der Waals surface area contributed by atoms with E-state index in [-0.39, 0.29) is 0 Å². The summed E-state index contributed by atoms with van der Waals surface area (Å²) in [5.41, 5.74) is 2.85. The van der Waals surface area contributed by atoms with Crippen molar-refractivity contribution >= 4 is 0 Å². The summed E-state index contributed by atoms with van der Waals surface area (Å²) in [5.74, 6) is 1.25. The molecule has 0 saturated heterocycles. The van der Waals surface area contributed by atoms with Crippen LogP contribution in [-0.2, 0) is 6.54 Å². The summed E-state index contributed by atoms with van der Waals surface area (Å²) in [4.78, 5) is 0. The normalized spacial score (nSPS) is 17.3. The van der Waals surface area contributed by atoms with Crippen LogP contribution in [0.15, 0.2) is 6.20 Å². The Morgan fingerprint density at radius 3 is 2.50 bits per heavy atom. The molecule has 1 N–H and O–H groups in total. The first-order valence-electron chi connectivity index (χ1n) is 8.36. The van der Waals surface area contributed by atoms with Crippen molar-refractivity contribution in [3.05, 3.63) is 17.5 Å². The Kier molecular flexibility index (Phi) is 5.64. The smallest absolute Gasteiger partial charge is 0.0537 e. The molecule has 0 spiro atoms. The van der Waals surface area contributed by atoms with Gasteiger partial charge in [-0.05, 0) is 31.2 Å². The monoisotopic (exact) mass is 277 g/mol. The molecule has 114 valence electrons. The van der Waals surface area contributed by atoms with E-state index >= 15 is 0 Å². The highest BCUT2D eigenvalue weighted by Gasteiger charge is 2.22. The highest BCUT2D eigenvalue weighted by atomic mass is 15.3. The van der Waals surface area contributed by atoms with E-state index in [9.17, 15) is 0 Å². The predicted molar refractivity (Wildman–Crippen MR) is 85.0 cm³/mol. The van der Waals surface area contributed by atoms with Gasteiger partial charge in [0.25, 0.3) is 0 Å². The largest absolute Gasteiger partial charge is 0.312 e. The van der Waals surface area contributed by atoms with Crippen molar-refractivity contribution < 1.29 is 0 Å².